The number of ether oxygens (including phenoxy) is 1. The number of para-hydroxylation sites is 1. The highest BCUT2D eigenvalue weighted by molar-refractivity contribution is 6.42. The second-order valence-corrected chi connectivity index (χ2v) is 6.41. The summed E-state index contributed by atoms with van der Waals surface area (Å²) < 4.78 is 5.13. The van der Waals surface area contributed by atoms with Crippen LogP contribution in [0.2, 0.25) is 10.0 Å². The van der Waals surface area contributed by atoms with Gasteiger partial charge in [0.05, 0.1) is 20.9 Å². The van der Waals surface area contributed by atoms with Gasteiger partial charge in [0, 0.05) is 6.08 Å². The minimum atomic E-state index is -0.566. The number of hydrogen-bond acceptors (Lipinski definition) is 4. The van der Waals surface area contributed by atoms with Gasteiger partial charge < -0.3 is 9.72 Å². The molecule has 5 nitrogen and oxygen atoms in total. The molecule has 3 rings (SSSR count). The van der Waals surface area contributed by atoms with Crippen LogP contribution in [0.1, 0.15) is 17.0 Å². The molecule has 1 aromatic heterocycles. The zero-order valence-electron chi connectivity index (χ0n) is 13.8. The van der Waals surface area contributed by atoms with Crippen LogP contribution in [0.4, 0.5) is 0 Å². The molecule has 0 bridgehead atoms. The molecular weight excluding hydrogens is 375 g/mol. The number of carbonyl (C=O) groups is 1. The first kappa shape index (κ1) is 18.2. The minimum absolute atomic E-state index is 0.135. The summed E-state index contributed by atoms with van der Waals surface area (Å²) in [5.41, 5.74) is 1.91. The van der Waals surface area contributed by atoms with E-state index in [2.05, 4.69) is 9.97 Å². The highest BCUT2D eigenvalue weighted by Crippen LogP contribution is 2.23. The predicted octanol–water partition coefficient (Wildman–Crippen LogP) is 4.29. The summed E-state index contributed by atoms with van der Waals surface area (Å²) in [6.45, 7) is 1.73. The van der Waals surface area contributed by atoms with Crippen molar-refractivity contribution in [1.29, 1.82) is 0 Å². The molecule has 7 heteroatoms. The van der Waals surface area contributed by atoms with Crippen LogP contribution < -0.4 is 5.56 Å². The Morgan fingerprint density at radius 2 is 2.04 bits per heavy atom. The van der Waals surface area contributed by atoms with Gasteiger partial charge in [-0.3, -0.25) is 4.79 Å². The van der Waals surface area contributed by atoms with E-state index in [1.54, 1.807) is 36.4 Å². The Bertz CT molecular complexity index is 1070. The fourth-order valence-corrected chi connectivity index (χ4v) is 2.69. The molecule has 0 radical (unpaired) electrons. The van der Waals surface area contributed by atoms with Crippen LogP contribution in [0.25, 0.3) is 17.0 Å². The SMILES string of the molecule is Cc1cccc2c(=O)[nH]c(COC(=O)/C=C/c3ccc(Cl)c(Cl)c3)nc12. The summed E-state index contributed by atoms with van der Waals surface area (Å²) in [5.74, 6) is -0.281. The van der Waals surface area contributed by atoms with Gasteiger partial charge in [-0.15, -0.1) is 0 Å². The second-order valence-electron chi connectivity index (χ2n) is 5.60. The highest BCUT2D eigenvalue weighted by atomic mass is 35.5. The Labute approximate surface area is 159 Å². The quantitative estimate of drug-likeness (QED) is 0.534. The third kappa shape index (κ3) is 4.12. The van der Waals surface area contributed by atoms with Crippen LogP contribution in [0.5, 0.6) is 0 Å². The molecular formula is C19H14Cl2N2O3. The number of aromatic nitrogens is 2. The number of aromatic amines is 1. The van der Waals surface area contributed by atoms with E-state index in [0.717, 1.165) is 5.56 Å². The lowest BCUT2D eigenvalue weighted by atomic mass is 10.1. The largest absolute Gasteiger partial charge is 0.454 e. The van der Waals surface area contributed by atoms with Gasteiger partial charge >= 0.3 is 5.97 Å². The summed E-state index contributed by atoms with van der Waals surface area (Å²) in [7, 11) is 0. The topological polar surface area (TPSA) is 72.1 Å². The fourth-order valence-electron chi connectivity index (χ4n) is 2.39. The van der Waals surface area contributed by atoms with Crippen molar-refractivity contribution >= 4 is 46.2 Å². The van der Waals surface area contributed by atoms with E-state index in [4.69, 9.17) is 27.9 Å². The summed E-state index contributed by atoms with van der Waals surface area (Å²) in [6, 6.07) is 10.4. The van der Waals surface area contributed by atoms with E-state index in [-0.39, 0.29) is 18.0 Å². The zero-order valence-corrected chi connectivity index (χ0v) is 15.3. The maximum absolute atomic E-state index is 12.1. The van der Waals surface area contributed by atoms with Crippen molar-refractivity contribution in [1.82, 2.24) is 9.97 Å². The van der Waals surface area contributed by atoms with Crippen molar-refractivity contribution in [3.05, 3.63) is 79.8 Å². The summed E-state index contributed by atoms with van der Waals surface area (Å²) in [6.07, 6.45) is 2.83. The fraction of sp³-hybridized carbons (Fsp3) is 0.105. The first-order valence-electron chi connectivity index (χ1n) is 7.72. The molecule has 1 N–H and O–H groups in total. The lowest BCUT2D eigenvalue weighted by Crippen LogP contribution is -2.14. The number of H-pyrrole nitrogens is 1. The lowest BCUT2D eigenvalue weighted by molar-refractivity contribution is -0.139. The predicted molar refractivity (Wildman–Crippen MR) is 102 cm³/mol. The number of fused-ring (bicyclic) bond motifs is 1. The van der Waals surface area contributed by atoms with Gasteiger partial charge in [0.25, 0.3) is 5.56 Å². The third-order valence-electron chi connectivity index (χ3n) is 3.69. The molecule has 0 aliphatic carbocycles. The number of rotatable bonds is 4. The first-order valence-corrected chi connectivity index (χ1v) is 8.48. The molecule has 3 aromatic rings. The van der Waals surface area contributed by atoms with E-state index < -0.39 is 5.97 Å². The summed E-state index contributed by atoms with van der Waals surface area (Å²) in [4.78, 5) is 30.9. The molecule has 0 amide bonds. The molecule has 2 aromatic carbocycles. The zero-order chi connectivity index (χ0) is 18.7. The smallest absolute Gasteiger partial charge is 0.331 e. The minimum Gasteiger partial charge on any atom is -0.454 e. The van der Waals surface area contributed by atoms with Gasteiger partial charge in [-0.2, -0.15) is 0 Å². The Kier molecular flexibility index (Phi) is 5.40. The second kappa shape index (κ2) is 7.72. The Morgan fingerprint density at radius 3 is 2.81 bits per heavy atom. The number of benzene rings is 2. The molecule has 0 aliphatic rings. The number of carbonyl (C=O) groups excluding carboxylic acids is 1. The normalized spacial score (nSPS) is 11.2. The van der Waals surface area contributed by atoms with E-state index in [1.807, 2.05) is 13.0 Å². The molecule has 132 valence electrons. The number of halogens is 2. The van der Waals surface area contributed by atoms with Gasteiger partial charge in [-0.05, 0) is 42.3 Å². The van der Waals surface area contributed by atoms with E-state index in [1.165, 1.54) is 6.08 Å². The van der Waals surface area contributed by atoms with Crippen molar-refractivity contribution in [3.63, 3.8) is 0 Å². The highest BCUT2D eigenvalue weighted by Gasteiger charge is 2.07. The molecule has 0 unspecified atom stereocenters. The van der Waals surface area contributed by atoms with Gasteiger partial charge in [0.1, 0.15) is 12.4 Å². The Hall–Kier alpha value is -2.63. The van der Waals surface area contributed by atoms with Crippen LogP contribution in [-0.4, -0.2) is 15.9 Å². The van der Waals surface area contributed by atoms with Crippen molar-refractivity contribution in [3.8, 4) is 0 Å². The van der Waals surface area contributed by atoms with Crippen LogP contribution in [-0.2, 0) is 16.1 Å². The van der Waals surface area contributed by atoms with Gasteiger partial charge in [-0.1, -0.05) is 41.4 Å². The standard InChI is InChI=1S/C19H14Cl2N2O3/c1-11-3-2-4-13-18(11)22-16(23-19(13)25)10-26-17(24)8-6-12-5-7-14(20)15(21)9-12/h2-9H,10H2,1H3,(H,22,23,25)/b8-6+. The maximum Gasteiger partial charge on any atom is 0.331 e. The van der Waals surface area contributed by atoms with Gasteiger partial charge in [0.2, 0.25) is 0 Å². The number of esters is 1. The van der Waals surface area contributed by atoms with Gasteiger partial charge in [-0.25, -0.2) is 9.78 Å². The number of nitrogens with zero attached hydrogens (tertiary/aromatic N) is 1. The molecule has 0 saturated heterocycles. The molecule has 0 fully saturated rings. The molecule has 0 saturated carbocycles. The molecule has 0 atom stereocenters. The van der Waals surface area contributed by atoms with Crippen LogP contribution in [0, 0.1) is 6.92 Å². The lowest BCUT2D eigenvalue weighted by Gasteiger charge is -2.05. The van der Waals surface area contributed by atoms with Crippen molar-refractivity contribution < 1.29 is 9.53 Å². The maximum atomic E-state index is 12.1. The number of aryl methyl sites for hydroxylation is 1. The number of hydrogen-bond donors (Lipinski definition) is 1. The molecule has 0 spiro atoms. The third-order valence-corrected chi connectivity index (χ3v) is 4.43. The van der Waals surface area contributed by atoms with Crippen molar-refractivity contribution in [2.24, 2.45) is 0 Å². The molecule has 0 aliphatic heterocycles. The summed E-state index contributed by atoms with van der Waals surface area (Å²) >= 11 is 11.8. The average molecular weight is 389 g/mol. The molecule has 26 heavy (non-hydrogen) atoms. The van der Waals surface area contributed by atoms with E-state index in [0.29, 0.717) is 26.5 Å². The molecule has 1 heterocycles. The average Bonchev–Trinajstić information content (AvgIpc) is 2.62. The van der Waals surface area contributed by atoms with E-state index in [9.17, 15) is 9.59 Å². The van der Waals surface area contributed by atoms with Crippen molar-refractivity contribution in [2.45, 2.75) is 13.5 Å². The van der Waals surface area contributed by atoms with Crippen LogP contribution in [0.15, 0.2) is 47.3 Å². The Morgan fingerprint density at radius 1 is 1.23 bits per heavy atom. The van der Waals surface area contributed by atoms with Crippen LogP contribution in [0.3, 0.4) is 0 Å². The van der Waals surface area contributed by atoms with Crippen LogP contribution >= 0.6 is 23.2 Å². The van der Waals surface area contributed by atoms with E-state index >= 15 is 0 Å². The number of nitrogens with one attached hydrogen (secondary N) is 1. The van der Waals surface area contributed by atoms with Crippen molar-refractivity contribution in [2.75, 3.05) is 0 Å². The Balaban J connectivity index is 1.70. The van der Waals surface area contributed by atoms with Gasteiger partial charge in [0.15, 0.2) is 0 Å². The monoisotopic (exact) mass is 388 g/mol. The first-order chi connectivity index (χ1) is 12.4. The summed E-state index contributed by atoms with van der Waals surface area (Å²) in [5, 5.41) is 1.34.